The molecular formula is C8H11ClNO2+. The summed E-state index contributed by atoms with van der Waals surface area (Å²) < 4.78 is 0. The van der Waals surface area contributed by atoms with Crippen molar-refractivity contribution >= 4 is 0 Å². The van der Waals surface area contributed by atoms with Gasteiger partial charge in [-0.15, -0.1) is 0 Å². The van der Waals surface area contributed by atoms with Gasteiger partial charge in [0.25, 0.3) is 0 Å². The Morgan fingerprint density at radius 2 is 2.00 bits per heavy atom. The Balaban J connectivity index is 2.69. The fourth-order valence-corrected chi connectivity index (χ4v) is 1.02. The van der Waals surface area contributed by atoms with E-state index in [0.29, 0.717) is 6.54 Å². The van der Waals surface area contributed by atoms with Gasteiger partial charge in [0.05, 0.1) is 6.54 Å². The number of hydrogen-bond acceptors (Lipinski definition) is 3. The summed E-state index contributed by atoms with van der Waals surface area (Å²) >= 11 is 4.55. The molecule has 1 aromatic rings. The van der Waals surface area contributed by atoms with E-state index in [2.05, 4.69) is 16.6 Å². The number of nitrogens with one attached hydrogen (secondary N) is 1. The molecule has 0 spiro atoms. The van der Waals surface area contributed by atoms with Crippen LogP contribution in [-0.4, -0.2) is 16.8 Å². The van der Waals surface area contributed by atoms with E-state index in [1.54, 1.807) is 6.07 Å². The predicted molar refractivity (Wildman–Crippen MR) is 42.9 cm³/mol. The van der Waals surface area contributed by atoms with Crippen molar-refractivity contribution in [2.75, 3.05) is 6.54 Å². The normalized spacial score (nSPS) is 10.1. The molecule has 0 atom stereocenters. The standard InChI is InChI=1S/C8H10ClNO2/c9-10-4-3-6-1-2-7(11)8(12)5-6/h1-2,5,9-10H,3-4H2,(H-,11,12)/p+1. The molecule has 0 aromatic heterocycles. The molecule has 66 valence electrons. The second-order valence-electron chi connectivity index (χ2n) is 2.47. The predicted octanol–water partition coefficient (Wildman–Crippen LogP) is 0.426. The average molecular weight is 189 g/mol. The van der Waals surface area contributed by atoms with Gasteiger partial charge >= 0.3 is 0 Å². The minimum Gasteiger partial charge on any atom is -0.504 e. The van der Waals surface area contributed by atoms with Crippen molar-refractivity contribution in [2.45, 2.75) is 6.42 Å². The summed E-state index contributed by atoms with van der Waals surface area (Å²) in [5.74, 6) is -0.179. The van der Waals surface area contributed by atoms with Crippen LogP contribution in [0, 0.1) is 11.8 Å². The highest BCUT2D eigenvalue weighted by Crippen LogP contribution is 2.24. The Bertz CT molecular complexity index is 265. The third kappa shape index (κ3) is 2.29. The zero-order valence-electron chi connectivity index (χ0n) is 6.45. The van der Waals surface area contributed by atoms with Crippen LogP contribution in [0.15, 0.2) is 18.2 Å². The smallest absolute Gasteiger partial charge is 0.223 e. The number of benzene rings is 1. The van der Waals surface area contributed by atoms with E-state index < -0.39 is 0 Å². The summed E-state index contributed by atoms with van der Waals surface area (Å²) in [6, 6.07) is 4.75. The van der Waals surface area contributed by atoms with Gasteiger partial charge in [-0.3, -0.25) is 0 Å². The van der Waals surface area contributed by atoms with Crippen molar-refractivity contribution in [2.24, 2.45) is 0 Å². The van der Waals surface area contributed by atoms with Crippen LogP contribution in [0.3, 0.4) is 0 Å². The number of phenolic OH excluding ortho intramolecular Hbond substituents is 2. The van der Waals surface area contributed by atoms with Gasteiger partial charge in [-0.25, -0.2) is 0 Å². The third-order valence-electron chi connectivity index (χ3n) is 1.56. The highest BCUT2D eigenvalue weighted by atomic mass is 35.5. The molecule has 0 heterocycles. The molecule has 12 heavy (non-hydrogen) atoms. The van der Waals surface area contributed by atoms with E-state index in [1.807, 2.05) is 0 Å². The molecule has 0 saturated heterocycles. The number of hydrogen-bond donors (Lipinski definition) is 3. The Kier molecular flexibility index (Phi) is 3.19. The molecular weight excluding hydrogens is 178 g/mol. The quantitative estimate of drug-likeness (QED) is 0.476. The molecule has 3 N–H and O–H groups in total. The summed E-state index contributed by atoms with van der Waals surface area (Å²) in [6.07, 6.45) is 0.747. The largest absolute Gasteiger partial charge is 0.504 e. The second-order valence-corrected chi connectivity index (χ2v) is 2.76. The maximum atomic E-state index is 9.10. The van der Waals surface area contributed by atoms with Gasteiger partial charge in [-0.2, -0.15) is 0 Å². The lowest BCUT2D eigenvalue weighted by Crippen LogP contribution is -2.08. The molecule has 0 saturated carbocycles. The first kappa shape index (κ1) is 9.16. The monoisotopic (exact) mass is 188 g/mol. The average Bonchev–Trinajstić information content (AvgIpc) is 2.07. The lowest BCUT2D eigenvalue weighted by molar-refractivity contribution is -0.442. The highest BCUT2D eigenvalue weighted by Gasteiger charge is 2.00. The zero-order chi connectivity index (χ0) is 8.97. The molecule has 1 aromatic carbocycles. The van der Waals surface area contributed by atoms with Crippen LogP contribution in [0.4, 0.5) is 0 Å². The van der Waals surface area contributed by atoms with Crippen molar-refractivity contribution in [1.82, 2.24) is 4.84 Å². The van der Waals surface area contributed by atoms with Crippen LogP contribution in [0.5, 0.6) is 11.5 Å². The summed E-state index contributed by atoms with van der Waals surface area (Å²) in [5.41, 5.74) is 0.947. The molecule has 0 aliphatic rings. The van der Waals surface area contributed by atoms with E-state index in [0.717, 1.165) is 12.0 Å². The summed E-state index contributed by atoms with van der Waals surface area (Å²) in [4.78, 5) is 2.59. The minimum atomic E-state index is -0.0925. The summed E-state index contributed by atoms with van der Waals surface area (Å²) in [6.45, 7) is 0.680. The maximum absolute atomic E-state index is 9.10. The number of phenols is 2. The van der Waals surface area contributed by atoms with Crippen LogP contribution in [0.1, 0.15) is 5.56 Å². The van der Waals surface area contributed by atoms with Crippen molar-refractivity contribution in [1.29, 1.82) is 0 Å². The molecule has 0 unspecified atom stereocenters. The van der Waals surface area contributed by atoms with Gasteiger partial charge in [0.15, 0.2) is 11.5 Å². The van der Waals surface area contributed by atoms with Gasteiger partial charge in [0, 0.05) is 0 Å². The molecule has 0 aliphatic heterocycles. The summed E-state index contributed by atoms with van der Waals surface area (Å²) in [5, 5.41) is 18.1. The van der Waals surface area contributed by atoms with Gasteiger partial charge in [-0.1, -0.05) is 10.9 Å². The molecule has 0 fully saturated rings. The lowest BCUT2D eigenvalue weighted by atomic mass is 10.1. The van der Waals surface area contributed by atoms with E-state index in [9.17, 15) is 0 Å². The minimum absolute atomic E-state index is 0.0862. The summed E-state index contributed by atoms with van der Waals surface area (Å²) in [7, 11) is 0. The molecule has 0 bridgehead atoms. The first-order valence-electron chi connectivity index (χ1n) is 3.60. The van der Waals surface area contributed by atoms with Crippen LogP contribution >= 0.6 is 0 Å². The van der Waals surface area contributed by atoms with Crippen molar-refractivity contribution < 1.29 is 22.0 Å². The SMILES string of the molecule is Oc1ccc(CCN[ClH+])cc1O. The number of halogens is 1. The van der Waals surface area contributed by atoms with E-state index in [4.69, 9.17) is 10.2 Å². The Hall–Kier alpha value is -0.930. The maximum Gasteiger partial charge on any atom is 0.223 e. The fraction of sp³-hybridized carbons (Fsp3) is 0.250. The first-order valence-corrected chi connectivity index (χ1v) is 4.00. The van der Waals surface area contributed by atoms with Crippen LogP contribution in [0.2, 0.25) is 0 Å². The van der Waals surface area contributed by atoms with Crippen molar-refractivity contribution in [3.63, 3.8) is 0 Å². The zero-order valence-corrected chi connectivity index (χ0v) is 7.27. The van der Waals surface area contributed by atoms with Gasteiger partial charge in [0.1, 0.15) is 0 Å². The molecule has 0 radical (unpaired) electrons. The van der Waals surface area contributed by atoms with Crippen LogP contribution < -0.4 is 4.84 Å². The Morgan fingerprint density at radius 3 is 2.58 bits per heavy atom. The fourth-order valence-electron chi connectivity index (χ4n) is 0.920. The molecule has 3 nitrogen and oxygen atoms in total. The van der Waals surface area contributed by atoms with Gasteiger partial charge in [-0.05, 0) is 24.1 Å². The van der Waals surface area contributed by atoms with E-state index in [-0.39, 0.29) is 11.5 Å². The molecule has 0 amide bonds. The third-order valence-corrected chi connectivity index (χ3v) is 1.76. The second kappa shape index (κ2) is 4.18. The van der Waals surface area contributed by atoms with E-state index in [1.165, 1.54) is 12.1 Å². The van der Waals surface area contributed by atoms with Crippen molar-refractivity contribution in [3.05, 3.63) is 23.8 Å². The highest BCUT2D eigenvalue weighted by molar-refractivity contribution is 5.40. The van der Waals surface area contributed by atoms with Crippen molar-refractivity contribution in [3.8, 4) is 11.5 Å². The Labute approximate surface area is 75.7 Å². The molecule has 0 aliphatic carbocycles. The van der Waals surface area contributed by atoms with Gasteiger partial charge in [0.2, 0.25) is 11.8 Å². The molecule has 1 rings (SSSR count). The van der Waals surface area contributed by atoms with Gasteiger partial charge < -0.3 is 10.2 Å². The van der Waals surface area contributed by atoms with Crippen LogP contribution in [-0.2, 0) is 6.42 Å². The first-order chi connectivity index (χ1) is 5.74. The lowest BCUT2D eigenvalue weighted by Gasteiger charge is -2.00. The molecule has 4 heteroatoms. The Morgan fingerprint density at radius 1 is 1.25 bits per heavy atom. The van der Waals surface area contributed by atoms with Crippen LogP contribution in [0.25, 0.3) is 0 Å². The topological polar surface area (TPSA) is 52.5 Å². The number of rotatable bonds is 3. The van der Waals surface area contributed by atoms with E-state index >= 15 is 0 Å². The number of aromatic hydroxyl groups is 2.